The van der Waals surface area contributed by atoms with E-state index >= 15 is 0 Å². The zero-order valence-electron chi connectivity index (χ0n) is 12.7. The van der Waals surface area contributed by atoms with Crippen molar-refractivity contribution >= 4 is 25.4 Å². The lowest BCUT2D eigenvalue weighted by atomic mass is 10.0. The molecule has 0 unspecified atom stereocenters. The Morgan fingerprint density at radius 1 is 1.05 bits per heavy atom. The second-order valence-electron chi connectivity index (χ2n) is 5.28. The van der Waals surface area contributed by atoms with Gasteiger partial charge in [0.2, 0.25) is 0 Å². The number of rotatable bonds is 12. The summed E-state index contributed by atoms with van der Waals surface area (Å²) in [7, 11) is -5.23. The van der Waals surface area contributed by atoms with Crippen molar-refractivity contribution in [3.8, 4) is 0 Å². The minimum absolute atomic E-state index is 0.272. The number of phosphoric acid groups is 1. The van der Waals surface area contributed by atoms with Crippen LogP contribution in [0, 0.1) is 5.92 Å². The number of carbonyl (C=O) groups is 3. The number of ether oxygens (including phenoxy) is 1. The van der Waals surface area contributed by atoms with Gasteiger partial charge >= 0.3 is 5.97 Å². The molecule has 0 heterocycles. The van der Waals surface area contributed by atoms with Crippen LogP contribution in [-0.4, -0.2) is 30.7 Å². The first-order chi connectivity index (χ1) is 10.1. The van der Waals surface area contributed by atoms with E-state index in [0.717, 1.165) is 12.8 Å². The van der Waals surface area contributed by atoms with Gasteiger partial charge in [-0.15, -0.1) is 0 Å². The molecular formula is C13H21O8P-2. The average Bonchev–Trinajstić information content (AvgIpc) is 2.38. The molecule has 0 spiro atoms. The molecule has 0 saturated carbocycles. The maximum absolute atomic E-state index is 11.5. The summed E-state index contributed by atoms with van der Waals surface area (Å²) in [6.07, 6.45) is 2.44. The maximum atomic E-state index is 11.5. The SMILES string of the molecule is CC(C)CCCCC(=O)CC(=O)OCC(=O)COP(=O)([O-])[O-]. The minimum atomic E-state index is -5.23. The Kier molecular flexibility index (Phi) is 10.1. The van der Waals surface area contributed by atoms with Crippen LogP contribution >= 0.6 is 7.82 Å². The Morgan fingerprint density at radius 2 is 1.68 bits per heavy atom. The van der Waals surface area contributed by atoms with E-state index in [4.69, 9.17) is 0 Å². The fourth-order valence-corrected chi connectivity index (χ4v) is 1.83. The number of hydrogen-bond acceptors (Lipinski definition) is 8. The number of phosphoric ester groups is 1. The van der Waals surface area contributed by atoms with Crippen LogP contribution < -0.4 is 9.79 Å². The van der Waals surface area contributed by atoms with Gasteiger partial charge in [0.05, 0.1) is 7.82 Å². The Labute approximate surface area is 129 Å². The Bertz CT molecular complexity index is 426. The Balaban J connectivity index is 3.78. The fourth-order valence-electron chi connectivity index (χ4n) is 1.53. The predicted molar refractivity (Wildman–Crippen MR) is 72.5 cm³/mol. The van der Waals surface area contributed by atoms with Gasteiger partial charge in [-0.2, -0.15) is 0 Å². The van der Waals surface area contributed by atoms with E-state index in [0.29, 0.717) is 12.3 Å². The average molecular weight is 336 g/mol. The molecule has 0 aromatic heterocycles. The van der Waals surface area contributed by atoms with Crippen LogP contribution in [-0.2, 0) is 28.2 Å². The molecule has 22 heavy (non-hydrogen) atoms. The van der Waals surface area contributed by atoms with Gasteiger partial charge in [-0.25, -0.2) is 0 Å². The molecular weight excluding hydrogens is 315 g/mol. The van der Waals surface area contributed by atoms with Crippen LogP contribution in [0.15, 0.2) is 0 Å². The first kappa shape index (κ1) is 20.9. The second-order valence-corrected chi connectivity index (χ2v) is 6.43. The van der Waals surface area contributed by atoms with E-state index in [-0.39, 0.29) is 12.2 Å². The van der Waals surface area contributed by atoms with Crippen LogP contribution in [0.25, 0.3) is 0 Å². The van der Waals surface area contributed by atoms with E-state index in [1.807, 2.05) is 0 Å². The molecule has 9 heteroatoms. The molecule has 0 N–H and O–H groups in total. The standard InChI is InChI=1S/C13H23O8P/c1-10(2)5-3-4-6-11(14)7-13(16)20-8-12(15)9-21-22(17,18)19/h10H,3-9H2,1-2H3,(H2,17,18,19)/p-2. The van der Waals surface area contributed by atoms with Crippen molar-refractivity contribution in [2.24, 2.45) is 5.92 Å². The summed E-state index contributed by atoms with van der Waals surface area (Å²) in [5, 5.41) is 0. The highest BCUT2D eigenvalue weighted by Crippen LogP contribution is 2.23. The van der Waals surface area contributed by atoms with Crippen LogP contribution in [0.3, 0.4) is 0 Å². The van der Waals surface area contributed by atoms with Gasteiger partial charge in [-0.05, 0) is 12.3 Å². The summed E-state index contributed by atoms with van der Waals surface area (Å²) >= 11 is 0. The van der Waals surface area contributed by atoms with Crippen LogP contribution in [0.4, 0.5) is 0 Å². The van der Waals surface area contributed by atoms with Crippen molar-refractivity contribution in [1.82, 2.24) is 0 Å². The molecule has 0 aliphatic carbocycles. The predicted octanol–water partition coefficient (Wildman–Crippen LogP) is 0.120. The normalized spacial score (nSPS) is 11.5. The number of Topliss-reactive ketones (excluding diaryl/α,β-unsaturated/α-hetero) is 2. The van der Waals surface area contributed by atoms with Gasteiger partial charge < -0.3 is 23.6 Å². The molecule has 0 rings (SSSR count). The van der Waals surface area contributed by atoms with Gasteiger partial charge in [0.25, 0.3) is 0 Å². The Hall–Kier alpha value is -1.08. The van der Waals surface area contributed by atoms with Crippen molar-refractivity contribution in [3.05, 3.63) is 0 Å². The molecule has 0 atom stereocenters. The van der Waals surface area contributed by atoms with Crippen molar-refractivity contribution < 1.29 is 38.0 Å². The molecule has 0 aromatic rings. The third kappa shape index (κ3) is 13.9. The van der Waals surface area contributed by atoms with Crippen LogP contribution in [0.5, 0.6) is 0 Å². The highest BCUT2D eigenvalue weighted by molar-refractivity contribution is 7.43. The van der Waals surface area contributed by atoms with Gasteiger partial charge in [0.1, 0.15) is 18.8 Å². The number of unbranched alkanes of at least 4 members (excludes halogenated alkanes) is 1. The quantitative estimate of drug-likeness (QED) is 0.212. The number of carbonyl (C=O) groups excluding carboxylic acids is 3. The zero-order chi connectivity index (χ0) is 17.2. The molecule has 0 radical (unpaired) electrons. The first-order valence-corrected chi connectivity index (χ1v) is 8.42. The summed E-state index contributed by atoms with van der Waals surface area (Å²) in [5.41, 5.74) is 0. The highest BCUT2D eigenvalue weighted by Gasteiger charge is 2.13. The van der Waals surface area contributed by atoms with Crippen LogP contribution in [0.1, 0.15) is 46.0 Å². The van der Waals surface area contributed by atoms with Crippen molar-refractivity contribution in [2.75, 3.05) is 13.2 Å². The molecule has 0 aromatic carbocycles. The third-order valence-electron chi connectivity index (χ3n) is 2.61. The topological polar surface area (TPSA) is 133 Å². The second kappa shape index (κ2) is 10.6. The zero-order valence-corrected chi connectivity index (χ0v) is 13.6. The van der Waals surface area contributed by atoms with E-state index in [1.165, 1.54) is 0 Å². The van der Waals surface area contributed by atoms with Gasteiger partial charge in [0, 0.05) is 6.42 Å². The summed E-state index contributed by atoms with van der Waals surface area (Å²) in [5.74, 6) is -1.47. The maximum Gasteiger partial charge on any atom is 0.313 e. The van der Waals surface area contributed by atoms with Gasteiger partial charge in [-0.3, -0.25) is 14.4 Å². The summed E-state index contributed by atoms with van der Waals surface area (Å²) in [6.45, 7) is 2.44. The van der Waals surface area contributed by atoms with Crippen molar-refractivity contribution in [2.45, 2.75) is 46.0 Å². The van der Waals surface area contributed by atoms with Crippen molar-refractivity contribution in [3.63, 3.8) is 0 Å². The van der Waals surface area contributed by atoms with Gasteiger partial charge in [-0.1, -0.05) is 26.7 Å². The molecule has 0 aliphatic rings. The molecule has 0 saturated heterocycles. The van der Waals surface area contributed by atoms with E-state index in [9.17, 15) is 28.7 Å². The number of ketones is 2. The smallest absolute Gasteiger partial charge is 0.313 e. The molecule has 0 bridgehead atoms. The minimum Gasteiger partial charge on any atom is -0.790 e. The molecule has 0 aliphatic heterocycles. The molecule has 0 fully saturated rings. The molecule has 8 nitrogen and oxygen atoms in total. The first-order valence-electron chi connectivity index (χ1n) is 6.95. The van der Waals surface area contributed by atoms with Gasteiger partial charge in [0.15, 0.2) is 12.4 Å². The number of esters is 1. The monoisotopic (exact) mass is 336 g/mol. The number of hydrogen-bond donors (Lipinski definition) is 0. The summed E-state index contributed by atoms with van der Waals surface area (Å²) < 4.78 is 18.4. The van der Waals surface area contributed by atoms with E-state index in [2.05, 4.69) is 23.1 Å². The van der Waals surface area contributed by atoms with Crippen LogP contribution in [0.2, 0.25) is 0 Å². The summed E-state index contributed by atoms with van der Waals surface area (Å²) in [6, 6.07) is 0. The molecule has 0 amide bonds. The summed E-state index contributed by atoms with van der Waals surface area (Å²) in [4.78, 5) is 54.1. The molecule has 128 valence electrons. The van der Waals surface area contributed by atoms with E-state index in [1.54, 1.807) is 0 Å². The van der Waals surface area contributed by atoms with E-state index < -0.39 is 39.2 Å². The highest BCUT2D eigenvalue weighted by atomic mass is 31.2. The fraction of sp³-hybridized carbons (Fsp3) is 0.769. The van der Waals surface area contributed by atoms with Crippen molar-refractivity contribution in [1.29, 1.82) is 0 Å². The lowest BCUT2D eigenvalue weighted by molar-refractivity contribution is -0.341. The lowest BCUT2D eigenvalue weighted by Crippen LogP contribution is -2.23. The largest absolute Gasteiger partial charge is 0.790 e. The Morgan fingerprint density at radius 3 is 2.23 bits per heavy atom. The lowest BCUT2D eigenvalue weighted by Gasteiger charge is -2.27. The third-order valence-corrected chi connectivity index (χ3v) is 3.05.